The molecule has 0 saturated carbocycles. The number of rotatable bonds is 4. The molecule has 120 valence electrons. The van der Waals surface area contributed by atoms with E-state index in [0.29, 0.717) is 13.1 Å². The number of urea groups is 1. The van der Waals surface area contributed by atoms with E-state index in [9.17, 15) is 23.3 Å². The van der Waals surface area contributed by atoms with Gasteiger partial charge in [-0.25, -0.2) is 22.9 Å². The molecule has 1 heterocycles. The molecule has 22 heavy (non-hydrogen) atoms. The van der Waals surface area contributed by atoms with Crippen LogP contribution >= 0.6 is 0 Å². The molecular weight excluding hydrogens is 312 g/mol. The molecular formula is C12H16N4O5S. The van der Waals surface area contributed by atoms with Crippen molar-refractivity contribution in [2.45, 2.75) is 24.2 Å². The maximum Gasteiger partial charge on any atom is 0.343 e. The van der Waals surface area contributed by atoms with E-state index in [1.807, 2.05) is 4.72 Å². The van der Waals surface area contributed by atoms with Crippen LogP contribution in [0.2, 0.25) is 0 Å². The summed E-state index contributed by atoms with van der Waals surface area (Å²) in [5.41, 5.74) is 2.24. The fourth-order valence-electron chi connectivity index (χ4n) is 2.10. The molecule has 1 aromatic rings. The van der Waals surface area contributed by atoms with Crippen LogP contribution in [0.1, 0.15) is 19.3 Å². The maximum absolute atomic E-state index is 12.0. The van der Waals surface area contributed by atoms with Crippen molar-refractivity contribution in [3.05, 3.63) is 34.4 Å². The van der Waals surface area contributed by atoms with Crippen LogP contribution in [0.15, 0.2) is 29.2 Å². The number of nitro benzene ring substituents is 1. The lowest BCUT2D eigenvalue weighted by Gasteiger charge is -2.26. The number of amides is 2. The summed E-state index contributed by atoms with van der Waals surface area (Å²) in [7, 11) is -4.06. The third-order valence-corrected chi connectivity index (χ3v) is 4.55. The predicted molar refractivity (Wildman–Crippen MR) is 77.4 cm³/mol. The maximum atomic E-state index is 12.0. The van der Waals surface area contributed by atoms with Gasteiger partial charge in [-0.05, 0) is 25.0 Å². The summed E-state index contributed by atoms with van der Waals surface area (Å²) in [4.78, 5) is 21.4. The van der Waals surface area contributed by atoms with E-state index in [1.54, 1.807) is 5.01 Å². The highest BCUT2D eigenvalue weighted by atomic mass is 32.2. The first kappa shape index (κ1) is 16.2. The fourth-order valence-corrected chi connectivity index (χ4v) is 3.00. The SMILES string of the molecule is O=C(NN1CCCCC1)NS(=O)(=O)c1ccc([N+](=O)[O-])cc1. The van der Waals surface area contributed by atoms with Gasteiger partial charge in [-0.3, -0.25) is 15.5 Å². The van der Waals surface area contributed by atoms with Crippen LogP contribution in [0.3, 0.4) is 0 Å². The second-order valence-electron chi connectivity index (χ2n) is 4.85. The number of benzene rings is 1. The molecule has 1 saturated heterocycles. The predicted octanol–water partition coefficient (Wildman–Crippen LogP) is 0.984. The molecule has 1 aliphatic heterocycles. The molecule has 0 spiro atoms. The minimum Gasteiger partial charge on any atom is -0.270 e. The van der Waals surface area contributed by atoms with Crippen molar-refractivity contribution in [3.63, 3.8) is 0 Å². The molecule has 1 aliphatic rings. The van der Waals surface area contributed by atoms with E-state index in [2.05, 4.69) is 5.43 Å². The second-order valence-corrected chi connectivity index (χ2v) is 6.53. The summed E-state index contributed by atoms with van der Waals surface area (Å²) in [5.74, 6) is 0. The number of nitrogens with zero attached hydrogens (tertiary/aromatic N) is 2. The van der Waals surface area contributed by atoms with Crippen molar-refractivity contribution in [1.29, 1.82) is 0 Å². The topological polar surface area (TPSA) is 122 Å². The molecule has 10 heteroatoms. The number of hydrogen-bond acceptors (Lipinski definition) is 6. The van der Waals surface area contributed by atoms with Crippen molar-refractivity contribution < 1.29 is 18.1 Å². The molecule has 2 rings (SSSR count). The van der Waals surface area contributed by atoms with Gasteiger partial charge >= 0.3 is 6.03 Å². The summed E-state index contributed by atoms with van der Waals surface area (Å²) in [6.45, 7) is 1.34. The van der Waals surface area contributed by atoms with Crippen molar-refractivity contribution in [3.8, 4) is 0 Å². The summed E-state index contributed by atoms with van der Waals surface area (Å²) in [5, 5.41) is 12.2. The Morgan fingerprint density at radius 1 is 1.14 bits per heavy atom. The van der Waals surface area contributed by atoms with Crippen LogP contribution in [-0.4, -0.2) is 37.5 Å². The van der Waals surface area contributed by atoms with Crippen LogP contribution in [0.4, 0.5) is 10.5 Å². The third-order valence-electron chi connectivity index (χ3n) is 3.20. The van der Waals surface area contributed by atoms with E-state index in [1.165, 1.54) is 0 Å². The number of piperidine rings is 1. The average Bonchev–Trinajstić information content (AvgIpc) is 2.47. The first-order valence-corrected chi connectivity index (χ1v) is 8.20. The lowest BCUT2D eigenvalue weighted by molar-refractivity contribution is -0.384. The van der Waals surface area contributed by atoms with Crippen LogP contribution in [0, 0.1) is 10.1 Å². The Morgan fingerprint density at radius 3 is 2.27 bits per heavy atom. The molecule has 0 aliphatic carbocycles. The first-order chi connectivity index (χ1) is 10.4. The summed E-state index contributed by atoms with van der Waals surface area (Å²) in [6.07, 6.45) is 2.96. The zero-order chi connectivity index (χ0) is 16.2. The number of sulfonamides is 1. The van der Waals surface area contributed by atoms with Crippen LogP contribution < -0.4 is 10.1 Å². The smallest absolute Gasteiger partial charge is 0.270 e. The second kappa shape index (κ2) is 6.71. The normalized spacial score (nSPS) is 16.0. The Morgan fingerprint density at radius 2 is 1.73 bits per heavy atom. The standard InChI is InChI=1S/C12H16N4O5S/c17-12(13-15-8-2-1-3-9-15)14-22(20,21)11-6-4-10(5-7-11)16(18)19/h4-7H,1-3,8-9H2,(H2,13,14,17). The minimum atomic E-state index is -4.06. The van der Waals surface area contributed by atoms with Crippen LogP contribution in [0.25, 0.3) is 0 Å². The van der Waals surface area contributed by atoms with E-state index >= 15 is 0 Å². The van der Waals surface area contributed by atoms with E-state index < -0.39 is 21.0 Å². The quantitative estimate of drug-likeness (QED) is 0.627. The number of nitro groups is 1. The number of nitrogens with one attached hydrogen (secondary N) is 2. The van der Waals surface area contributed by atoms with Crippen LogP contribution in [-0.2, 0) is 10.0 Å². The van der Waals surface area contributed by atoms with E-state index in [-0.39, 0.29) is 10.6 Å². The number of carbonyl (C=O) groups excluding carboxylic acids is 1. The lowest BCUT2D eigenvalue weighted by atomic mass is 10.2. The van der Waals surface area contributed by atoms with Gasteiger partial charge in [0.2, 0.25) is 0 Å². The molecule has 2 N–H and O–H groups in total. The molecule has 0 atom stereocenters. The Bertz CT molecular complexity index is 653. The Hall–Kier alpha value is -2.20. The number of non-ortho nitro benzene ring substituents is 1. The van der Waals surface area contributed by atoms with Gasteiger partial charge in [0.1, 0.15) is 0 Å². The first-order valence-electron chi connectivity index (χ1n) is 6.71. The molecule has 1 aromatic carbocycles. The van der Waals surface area contributed by atoms with Crippen molar-refractivity contribution >= 4 is 21.7 Å². The zero-order valence-electron chi connectivity index (χ0n) is 11.7. The molecule has 0 radical (unpaired) electrons. The lowest BCUT2D eigenvalue weighted by Crippen LogP contribution is -2.50. The van der Waals surface area contributed by atoms with Crippen LogP contribution in [0.5, 0.6) is 0 Å². The third kappa shape index (κ3) is 4.15. The fraction of sp³-hybridized carbons (Fsp3) is 0.417. The molecule has 2 amide bonds. The van der Waals surface area contributed by atoms with Gasteiger partial charge in [-0.2, -0.15) is 0 Å². The van der Waals surface area contributed by atoms with Gasteiger partial charge in [0.25, 0.3) is 15.7 Å². The van der Waals surface area contributed by atoms with Crippen molar-refractivity contribution in [1.82, 2.24) is 15.2 Å². The van der Waals surface area contributed by atoms with Gasteiger partial charge in [0.05, 0.1) is 9.82 Å². The highest BCUT2D eigenvalue weighted by Crippen LogP contribution is 2.15. The van der Waals surface area contributed by atoms with Gasteiger partial charge in [0, 0.05) is 25.2 Å². The molecule has 0 bridgehead atoms. The number of carbonyl (C=O) groups is 1. The van der Waals surface area contributed by atoms with Gasteiger partial charge in [-0.1, -0.05) is 6.42 Å². The zero-order valence-corrected chi connectivity index (χ0v) is 12.5. The molecule has 9 nitrogen and oxygen atoms in total. The molecule has 0 aromatic heterocycles. The Labute approximate surface area is 127 Å². The summed E-state index contributed by atoms with van der Waals surface area (Å²) < 4.78 is 25.9. The van der Waals surface area contributed by atoms with Gasteiger partial charge in [0.15, 0.2) is 0 Å². The van der Waals surface area contributed by atoms with E-state index in [0.717, 1.165) is 43.5 Å². The molecule has 1 fully saturated rings. The highest BCUT2D eigenvalue weighted by Gasteiger charge is 2.20. The van der Waals surface area contributed by atoms with Crippen molar-refractivity contribution in [2.24, 2.45) is 0 Å². The Balaban J connectivity index is 2.00. The largest absolute Gasteiger partial charge is 0.343 e. The Kier molecular flexibility index (Phi) is 4.93. The summed E-state index contributed by atoms with van der Waals surface area (Å²) >= 11 is 0. The minimum absolute atomic E-state index is 0.216. The monoisotopic (exact) mass is 328 g/mol. The van der Waals surface area contributed by atoms with Crippen molar-refractivity contribution in [2.75, 3.05) is 13.1 Å². The average molecular weight is 328 g/mol. The highest BCUT2D eigenvalue weighted by molar-refractivity contribution is 7.90. The number of hydrogen-bond donors (Lipinski definition) is 2. The van der Waals surface area contributed by atoms with Gasteiger partial charge < -0.3 is 0 Å². The van der Waals surface area contributed by atoms with Gasteiger partial charge in [-0.15, -0.1) is 0 Å². The number of hydrazine groups is 1. The molecule has 0 unspecified atom stereocenters. The summed E-state index contributed by atoms with van der Waals surface area (Å²) in [6, 6.07) is 3.44. The van der Waals surface area contributed by atoms with E-state index in [4.69, 9.17) is 0 Å².